The Hall–Kier alpha value is -4.12. The number of aliphatic imine (C=N–C) groups is 1. The number of hydrogen-bond donors (Lipinski definition) is 2. The molecule has 0 radical (unpaired) electrons. The third-order valence-corrected chi connectivity index (χ3v) is 7.77. The number of carbonyl (C=O) groups excluding carboxylic acids is 1. The molecule has 1 saturated carbocycles. The zero-order valence-corrected chi connectivity index (χ0v) is 23.5. The summed E-state index contributed by atoms with van der Waals surface area (Å²) in [5.41, 5.74) is 6.85. The normalized spacial score (nSPS) is 17.9. The lowest BCUT2D eigenvalue weighted by molar-refractivity contribution is -0.116. The molecular formula is C35H38N2O3. The van der Waals surface area contributed by atoms with Crippen LogP contribution in [0.2, 0.25) is 0 Å². The molecule has 1 atom stereocenters. The van der Waals surface area contributed by atoms with E-state index in [1.807, 2.05) is 42.5 Å². The molecule has 1 heterocycles. The highest BCUT2D eigenvalue weighted by molar-refractivity contribution is 6.24. The number of rotatable bonds is 10. The summed E-state index contributed by atoms with van der Waals surface area (Å²) < 4.78 is 6.09. The van der Waals surface area contributed by atoms with Crippen molar-refractivity contribution in [2.24, 2.45) is 4.99 Å². The standard InChI is InChI=1S/C35H38N2O3/c1-3-4-15-33(38)35-32(20-27(21-34(35)39)26-13-9-6-10-14-26)36-19-18-29-24(2)37-31-17-16-28(22-30(29)31)40-23-25-11-7-5-8-12-25/h5-14,16-17,22,27,37-38H,3-4,15,18-21,23H2,1-2H3/t27-/m0/s1. The molecule has 1 aliphatic carbocycles. The first-order valence-corrected chi connectivity index (χ1v) is 14.3. The highest BCUT2D eigenvalue weighted by atomic mass is 16.5. The van der Waals surface area contributed by atoms with Crippen LogP contribution in [0.3, 0.4) is 0 Å². The van der Waals surface area contributed by atoms with Crippen LogP contribution >= 0.6 is 0 Å². The van der Waals surface area contributed by atoms with E-state index >= 15 is 0 Å². The van der Waals surface area contributed by atoms with Crippen molar-refractivity contribution in [1.29, 1.82) is 0 Å². The Morgan fingerprint density at radius 3 is 2.52 bits per heavy atom. The van der Waals surface area contributed by atoms with Gasteiger partial charge in [0, 0.05) is 41.7 Å². The van der Waals surface area contributed by atoms with Crippen LogP contribution in [0, 0.1) is 6.92 Å². The van der Waals surface area contributed by atoms with Gasteiger partial charge in [0.15, 0.2) is 5.78 Å². The smallest absolute Gasteiger partial charge is 0.168 e. The summed E-state index contributed by atoms with van der Waals surface area (Å²) >= 11 is 0. The van der Waals surface area contributed by atoms with Gasteiger partial charge in [-0.2, -0.15) is 0 Å². The van der Waals surface area contributed by atoms with E-state index in [9.17, 15) is 9.90 Å². The number of aryl methyl sites for hydroxylation is 1. The molecule has 0 aliphatic heterocycles. The Balaban J connectivity index is 1.37. The molecule has 1 fully saturated rings. The van der Waals surface area contributed by atoms with Crippen molar-refractivity contribution in [3.05, 3.63) is 113 Å². The quantitative estimate of drug-likeness (QED) is 0.159. The first kappa shape index (κ1) is 27.4. The van der Waals surface area contributed by atoms with E-state index in [4.69, 9.17) is 9.73 Å². The summed E-state index contributed by atoms with van der Waals surface area (Å²) in [7, 11) is 0. The fourth-order valence-electron chi connectivity index (χ4n) is 5.61. The van der Waals surface area contributed by atoms with Gasteiger partial charge in [-0.3, -0.25) is 9.79 Å². The van der Waals surface area contributed by atoms with Gasteiger partial charge in [-0.25, -0.2) is 0 Å². The molecule has 4 aromatic rings. The third-order valence-electron chi connectivity index (χ3n) is 7.77. The van der Waals surface area contributed by atoms with E-state index < -0.39 is 0 Å². The molecule has 0 bridgehead atoms. The number of unbranched alkanes of at least 4 members (excludes halogenated alkanes) is 1. The first-order valence-electron chi connectivity index (χ1n) is 14.3. The van der Waals surface area contributed by atoms with Crippen LogP contribution in [0.5, 0.6) is 5.75 Å². The van der Waals surface area contributed by atoms with Gasteiger partial charge >= 0.3 is 0 Å². The summed E-state index contributed by atoms with van der Waals surface area (Å²) in [4.78, 5) is 21.8. The summed E-state index contributed by atoms with van der Waals surface area (Å²) in [6.45, 7) is 5.23. The van der Waals surface area contributed by atoms with Crippen molar-refractivity contribution in [3.63, 3.8) is 0 Å². The van der Waals surface area contributed by atoms with Crippen LogP contribution in [-0.2, 0) is 17.8 Å². The van der Waals surface area contributed by atoms with Crippen molar-refractivity contribution >= 4 is 22.4 Å². The monoisotopic (exact) mass is 534 g/mol. The average Bonchev–Trinajstić information content (AvgIpc) is 3.29. The molecule has 206 valence electrons. The summed E-state index contributed by atoms with van der Waals surface area (Å²) in [5.74, 6) is 1.10. The number of benzene rings is 3. The van der Waals surface area contributed by atoms with Gasteiger partial charge in [0.25, 0.3) is 0 Å². The van der Waals surface area contributed by atoms with Crippen molar-refractivity contribution in [2.45, 2.75) is 64.9 Å². The second-order valence-electron chi connectivity index (χ2n) is 10.7. The number of fused-ring (bicyclic) bond motifs is 1. The van der Waals surface area contributed by atoms with E-state index in [2.05, 4.69) is 55.2 Å². The van der Waals surface area contributed by atoms with Crippen LogP contribution in [0.15, 0.2) is 95.2 Å². The van der Waals surface area contributed by atoms with Crippen molar-refractivity contribution in [3.8, 4) is 5.75 Å². The minimum atomic E-state index is -0.00376. The summed E-state index contributed by atoms with van der Waals surface area (Å²) in [6.07, 6.45) is 4.11. The van der Waals surface area contributed by atoms with Gasteiger partial charge in [-0.05, 0) is 67.0 Å². The molecule has 0 unspecified atom stereocenters. The number of nitrogens with one attached hydrogen (secondary N) is 1. The number of hydrogen-bond acceptors (Lipinski definition) is 4. The molecule has 5 rings (SSSR count). The third kappa shape index (κ3) is 6.36. The van der Waals surface area contributed by atoms with Gasteiger partial charge in [-0.1, -0.05) is 74.0 Å². The Labute approximate surface area is 236 Å². The number of nitrogens with zero attached hydrogens (tertiary/aromatic N) is 1. The van der Waals surface area contributed by atoms with E-state index in [-0.39, 0.29) is 17.5 Å². The Kier molecular flexibility index (Phi) is 8.80. The zero-order valence-electron chi connectivity index (χ0n) is 23.5. The van der Waals surface area contributed by atoms with Crippen LogP contribution < -0.4 is 4.74 Å². The summed E-state index contributed by atoms with van der Waals surface area (Å²) in [6, 6.07) is 26.5. The van der Waals surface area contributed by atoms with Gasteiger partial charge in [-0.15, -0.1) is 0 Å². The molecule has 40 heavy (non-hydrogen) atoms. The number of carbonyl (C=O) groups is 1. The highest BCUT2D eigenvalue weighted by Crippen LogP contribution is 2.34. The number of ether oxygens (including phenoxy) is 1. The van der Waals surface area contributed by atoms with Gasteiger partial charge < -0.3 is 14.8 Å². The molecule has 0 spiro atoms. The molecule has 1 aromatic heterocycles. The maximum atomic E-state index is 13.3. The number of Topliss-reactive ketones (excluding diaryl/α,β-unsaturated/α-hetero) is 1. The van der Waals surface area contributed by atoms with E-state index in [0.29, 0.717) is 38.0 Å². The topological polar surface area (TPSA) is 74.7 Å². The lowest BCUT2D eigenvalue weighted by Crippen LogP contribution is -2.27. The Bertz CT molecular complexity index is 1520. The number of H-pyrrole nitrogens is 1. The molecule has 5 nitrogen and oxygen atoms in total. The predicted molar refractivity (Wildman–Crippen MR) is 162 cm³/mol. The van der Waals surface area contributed by atoms with Crippen LogP contribution in [0.4, 0.5) is 0 Å². The second kappa shape index (κ2) is 12.8. The first-order chi connectivity index (χ1) is 19.5. The fraction of sp³-hybridized carbons (Fsp3) is 0.314. The number of aliphatic hydroxyl groups excluding tert-OH is 1. The number of aliphatic hydroxyl groups is 1. The van der Waals surface area contributed by atoms with Gasteiger partial charge in [0.1, 0.15) is 18.1 Å². The summed E-state index contributed by atoms with van der Waals surface area (Å²) in [5, 5.41) is 12.0. The minimum Gasteiger partial charge on any atom is -0.511 e. The van der Waals surface area contributed by atoms with Crippen LogP contribution in [-0.4, -0.2) is 28.1 Å². The molecule has 5 heteroatoms. The van der Waals surface area contributed by atoms with E-state index in [1.54, 1.807) is 0 Å². The van der Waals surface area contributed by atoms with Crippen molar-refractivity contribution in [2.75, 3.05) is 6.54 Å². The average molecular weight is 535 g/mol. The van der Waals surface area contributed by atoms with Gasteiger partial charge in [0.2, 0.25) is 0 Å². The lowest BCUT2D eigenvalue weighted by atomic mass is 9.78. The lowest BCUT2D eigenvalue weighted by Gasteiger charge is -2.26. The SMILES string of the molecule is CCCCC(O)=C1C(=O)C[C@@H](c2ccccc2)CC1=NCCc1c(C)[nH]c2ccc(OCc3ccccc3)cc12. The molecule has 3 aromatic carbocycles. The minimum absolute atomic E-state index is 0.00376. The number of ketones is 1. The van der Waals surface area contributed by atoms with Crippen molar-refractivity contribution < 1.29 is 14.6 Å². The molecule has 0 amide bonds. The molecular weight excluding hydrogens is 496 g/mol. The molecule has 1 aliphatic rings. The largest absolute Gasteiger partial charge is 0.511 e. The maximum Gasteiger partial charge on any atom is 0.168 e. The second-order valence-corrected chi connectivity index (χ2v) is 10.7. The van der Waals surface area contributed by atoms with Gasteiger partial charge in [0.05, 0.1) is 5.57 Å². The predicted octanol–water partition coefficient (Wildman–Crippen LogP) is 8.19. The fourth-order valence-corrected chi connectivity index (χ4v) is 5.61. The Morgan fingerprint density at radius 1 is 1.02 bits per heavy atom. The number of aromatic amines is 1. The number of aromatic nitrogens is 1. The van der Waals surface area contributed by atoms with Crippen LogP contribution in [0.1, 0.15) is 67.3 Å². The van der Waals surface area contributed by atoms with E-state index in [1.165, 1.54) is 5.56 Å². The number of allylic oxidation sites excluding steroid dienone is 2. The molecule has 2 N–H and O–H groups in total. The highest BCUT2D eigenvalue weighted by Gasteiger charge is 2.32. The zero-order chi connectivity index (χ0) is 27.9. The van der Waals surface area contributed by atoms with Crippen LogP contribution in [0.25, 0.3) is 10.9 Å². The maximum absolute atomic E-state index is 13.3. The molecule has 0 saturated heterocycles. The van der Waals surface area contributed by atoms with E-state index in [0.717, 1.165) is 58.4 Å². The Morgan fingerprint density at radius 2 is 1.77 bits per heavy atom. The van der Waals surface area contributed by atoms with Crippen molar-refractivity contribution in [1.82, 2.24) is 4.98 Å².